The number of ether oxygens (including phenoxy) is 2. The van der Waals surface area contributed by atoms with Crippen molar-refractivity contribution in [1.82, 2.24) is 20.4 Å². The van der Waals surface area contributed by atoms with Crippen molar-refractivity contribution in [2.24, 2.45) is 0 Å². The van der Waals surface area contributed by atoms with Gasteiger partial charge in [0.15, 0.2) is 16.6 Å². The van der Waals surface area contributed by atoms with E-state index in [1.807, 2.05) is 40.0 Å². The van der Waals surface area contributed by atoms with Gasteiger partial charge in [0.1, 0.15) is 12.2 Å². The highest BCUT2D eigenvalue weighted by Crippen LogP contribution is 2.22. The number of hydrogen-bond acceptors (Lipinski definition) is 7. The normalized spacial score (nSPS) is 19.4. The molecule has 2 unspecified atom stereocenters. The fraction of sp³-hybridized carbons (Fsp3) is 0.857. The molecule has 11 nitrogen and oxygen atoms in total. The summed E-state index contributed by atoms with van der Waals surface area (Å²) in [5.41, 5.74) is 0. The molecule has 4 amide bonds. The molecule has 0 spiro atoms. The molecule has 2 N–H and O–H groups in total. The van der Waals surface area contributed by atoms with E-state index in [1.54, 1.807) is 9.80 Å². The molecule has 41 heavy (non-hydrogen) atoms. The second-order valence-electron chi connectivity index (χ2n) is 12.8. The zero-order valence-electron chi connectivity index (χ0n) is 26.2. The van der Waals surface area contributed by atoms with Crippen LogP contribution in [0, 0.1) is 0 Å². The highest BCUT2D eigenvalue weighted by Gasteiger charge is 2.36. The number of nitrogens with zero attached hydrogens (tertiary/aromatic N) is 2. The molecule has 0 aromatic rings. The van der Waals surface area contributed by atoms with Gasteiger partial charge in [0.05, 0.1) is 13.1 Å². The number of unbranched alkanes of at least 4 members (excludes halogenated alkanes) is 6. The van der Waals surface area contributed by atoms with Crippen LogP contribution in [-0.4, -0.2) is 102 Å². The van der Waals surface area contributed by atoms with Crippen LogP contribution in [0.1, 0.15) is 65.2 Å². The molecule has 0 saturated carbocycles. The fourth-order valence-corrected chi connectivity index (χ4v) is 13.8. The molecule has 13 heteroatoms. The fourth-order valence-electron chi connectivity index (χ4n) is 5.44. The highest BCUT2D eigenvalue weighted by atomic mass is 28.4. The van der Waals surface area contributed by atoms with E-state index in [1.165, 1.54) is 0 Å². The van der Waals surface area contributed by atoms with Crippen LogP contribution in [0.2, 0.25) is 38.3 Å². The van der Waals surface area contributed by atoms with Crippen molar-refractivity contribution in [3.63, 3.8) is 0 Å². The van der Waals surface area contributed by atoms with Crippen molar-refractivity contribution in [2.45, 2.75) is 116 Å². The van der Waals surface area contributed by atoms with Crippen molar-refractivity contribution in [2.75, 3.05) is 39.3 Å². The molecule has 2 aliphatic rings. The summed E-state index contributed by atoms with van der Waals surface area (Å²) in [5, 5.41) is 6.04. The van der Waals surface area contributed by atoms with E-state index in [-0.39, 0.29) is 36.2 Å². The molecule has 2 rings (SSSR count). The Balaban J connectivity index is 1.50. The van der Waals surface area contributed by atoms with Gasteiger partial charge in [-0.05, 0) is 65.7 Å². The molecule has 0 bridgehead atoms. The Morgan fingerprint density at radius 3 is 1.41 bits per heavy atom. The third-order valence-electron chi connectivity index (χ3n) is 7.15. The molecule has 2 fully saturated rings. The number of rotatable bonds is 20. The zero-order valence-corrected chi connectivity index (χ0v) is 28.2. The first kappa shape index (κ1) is 35.1. The lowest BCUT2D eigenvalue weighted by Gasteiger charge is -2.33. The highest BCUT2D eigenvalue weighted by molar-refractivity contribution is 6.87. The summed E-state index contributed by atoms with van der Waals surface area (Å²) in [6.07, 6.45) is 7.23. The molecule has 0 aromatic carbocycles. The van der Waals surface area contributed by atoms with Crippen LogP contribution in [0.25, 0.3) is 0 Å². The number of nitrogens with one attached hydrogen (secondary N) is 2. The first-order chi connectivity index (χ1) is 19.3. The average molecular weight is 615 g/mol. The summed E-state index contributed by atoms with van der Waals surface area (Å²) in [6, 6.07) is 0.767. The van der Waals surface area contributed by atoms with Crippen molar-refractivity contribution in [1.29, 1.82) is 0 Å². The maximum atomic E-state index is 12.5. The maximum Gasteiger partial charge on any atom is 0.410 e. The molecular weight excluding hydrogens is 561 g/mol. The van der Waals surface area contributed by atoms with Gasteiger partial charge < -0.3 is 34.0 Å². The van der Waals surface area contributed by atoms with Crippen molar-refractivity contribution >= 4 is 40.6 Å². The Labute approximate surface area is 248 Å². The Bertz CT molecular complexity index is 806. The maximum absolute atomic E-state index is 12.5. The number of carbonyl (C=O) groups is 4. The van der Waals surface area contributed by atoms with Gasteiger partial charge in [0.2, 0.25) is 11.8 Å². The lowest BCUT2D eigenvalue weighted by molar-refractivity contribution is -0.119. The van der Waals surface area contributed by atoms with E-state index >= 15 is 0 Å². The third-order valence-corrected chi connectivity index (χ3v) is 13.9. The number of hydrogen-bond donors (Lipinski definition) is 2. The second kappa shape index (κ2) is 17.1. The summed E-state index contributed by atoms with van der Waals surface area (Å²) in [5.74, 6) is 0.0294. The van der Waals surface area contributed by atoms with Crippen LogP contribution in [0.4, 0.5) is 9.59 Å². The van der Waals surface area contributed by atoms with E-state index in [4.69, 9.17) is 13.6 Å². The Hall–Kier alpha value is -2.13. The van der Waals surface area contributed by atoms with E-state index in [0.29, 0.717) is 38.3 Å². The van der Waals surface area contributed by atoms with E-state index in [0.717, 1.165) is 64.5 Å². The average Bonchev–Trinajstić information content (AvgIpc) is 3.34. The van der Waals surface area contributed by atoms with E-state index < -0.39 is 16.6 Å². The summed E-state index contributed by atoms with van der Waals surface area (Å²) in [6.45, 7) is 16.1. The summed E-state index contributed by atoms with van der Waals surface area (Å²) in [4.78, 5) is 51.9. The Kier molecular flexibility index (Phi) is 14.6. The predicted molar refractivity (Wildman–Crippen MR) is 164 cm³/mol. The summed E-state index contributed by atoms with van der Waals surface area (Å²) < 4.78 is 16.8. The molecule has 0 radical (unpaired) electrons. The van der Waals surface area contributed by atoms with Crippen LogP contribution >= 0.6 is 0 Å². The topological polar surface area (TPSA) is 127 Å². The third kappa shape index (κ3) is 14.6. The standard InChI is InChI=1S/C28H54N4O7Si2/c1-23-19-31(27(35)37-23)17-13-9-7-11-15-29-25(33)21-40(3,4)39-41(5,6)22-26(34)30-16-12-8-10-14-18-32-20-24(2)38-28(32)36/h23-24H,7-22H2,1-6H3,(H,29,33)(H,30,34). The minimum atomic E-state index is -2.27. The largest absolute Gasteiger partial charge is 0.455 e. The smallest absolute Gasteiger partial charge is 0.410 e. The van der Waals surface area contributed by atoms with Crippen LogP contribution in [0.3, 0.4) is 0 Å². The van der Waals surface area contributed by atoms with Crippen molar-refractivity contribution in [3.05, 3.63) is 0 Å². The van der Waals surface area contributed by atoms with Gasteiger partial charge >= 0.3 is 12.2 Å². The minimum absolute atomic E-state index is 0.0147. The van der Waals surface area contributed by atoms with Gasteiger partial charge in [0, 0.05) is 38.3 Å². The summed E-state index contributed by atoms with van der Waals surface area (Å²) >= 11 is 0. The summed E-state index contributed by atoms with van der Waals surface area (Å²) in [7, 11) is -4.53. The van der Waals surface area contributed by atoms with Gasteiger partial charge in [-0.3, -0.25) is 9.59 Å². The van der Waals surface area contributed by atoms with Crippen LogP contribution in [0.15, 0.2) is 0 Å². The molecule has 2 aliphatic heterocycles. The van der Waals surface area contributed by atoms with Gasteiger partial charge in [-0.1, -0.05) is 25.7 Å². The number of carbonyl (C=O) groups excluding carboxylic acids is 4. The minimum Gasteiger partial charge on any atom is -0.455 e. The number of amides is 4. The van der Waals surface area contributed by atoms with Crippen LogP contribution in [0.5, 0.6) is 0 Å². The zero-order chi connectivity index (χ0) is 30.5. The molecule has 0 aliphatic carbocycles. The molecule has 2 atom stereocenters. The quantitative estimate of drug-likeness (QED) is 0.153. The van der Waals surface area contributed by atoms with E-state index in [9.17, 15) is 19.2 Å². The van der Waals surface area contributed by atoms with Gasteiger partial charge in [-0.15, -0.1) is 0 Å². The van der Waals surface area contributed by atoms with Crippen LogP contribution in [-0.2, 0) is 23.2 Å². The monoisotopic (exact) mass is 614 g/mol. The second-order valence-corrected chi connectivity index (χ2v) is 21.3. The first-order valence-corrected chi connectivity index (χ1v) is 21.6. The van der Waals surface area contributed by atoms with Gasteiger partial charge in [-0.25, -0.2) is 9.59 Å². The predicted octanol–water partition coefficient (Wildman–Crippen LogP) is 4.45. The lowest BCUT2D eigenvalue weighted by atomic mass is 10.2. The van der Waals surface area contributed by atoms with Gasteiger partial charge in [0.25, 0.3) is 0 Å². The van der Waals surface area contributed by atoms with E-state index in [2.05, 4.69) is 10.6 Å². The SMILES string of the molecule is CC1CN(CCCCCCNC(=O)C[Si](C)(C)O[Si](C)(C)CC(=O)NCCCCCCN2CC(C)OC2=O)C(=O)O1. The first-order valence-electron chi connectivity index (χ1n) is 15.4. The molecule has 236 valence electrons. The Morgan fingerprint density at radius 2 is 1.07 bits per heavy atom. The van der Waals surface area contributed by atoms with Crippen molar-refractivity contribution < 1.29 is 32.8 Å². The molecule has 2 heterocycles. The van der Waals surface area contributed by atoms with Gasteiger partial charge in [-0.2, -0.15) is 0 Å². The number of cyclic esters (lactones) is 2. The molecule has 0 aromatic heterocycles. The van der Waals surface area contributed by atoms with Crippen molar-refractivity contribution in [3.8, 4) is 0 Å². The molecule has 2 saturated heterocycles. The van der Waals surface area contributed by atoms with Crippen LogP contribution < -0.4 is 10.6 Å². The molecular formula is C28H54N4O7Si2. The lowest BCUT2D eigenvalue weighted by Crippen LogP contribution is -2.49. The Morgan fingerprint density at radius 1 is 0.707 bits per heavy atom.